The van der Waals surface area contributed by atoms with E-state index in [0.29, 0.717) is 24.3 Å². The number of amides is 3. The monoisotopic (exact) mass is 591 g/mol. The highest BCUT2D eigenvalue weighted by Crippen LogP contribution is 2.22. The van der Waals surface area contributed by atoms with Crippen LogP contribution in [0.3, 0.4) is 0 Å². The van der Waals surface area contributed by atoms with E-state index in [-0.39, 0.29) is 29.6 Å². The number of nitrogens with one attached hydrogen (secondary N) is 2. The van der Waals surface area contributed by atoms with Gasteiger partial charge in [-0.05, 0) is 32.0 Å². The van der Waals surface area contributed by atoms with Crippen LogP contribution >= 0.6 is 11.6 Å². The molecule has 41 heavy (non-hydrogen) atoms. The number of esters is 1. The summed E-state index contributed by atoms with van der Waals surface area (Å²) >= 11 is 5.83. The second-order valence-corrected chi connectivity index (χ2v) is 10.5. The van der Waals surface area contributed by atoms with Crippen molar-refractivity contribution >= 4 is 35.5 Å². The molecule has 0 aliphatic carbocycles. The summed E-state index contributed by atoms with van der Waals surface area (Å²) in [6.07, 6.45) is 14.5. The number of allylic oxidation sites excluding steroid dienone is 5. The van der Waals surface area contributed by atoms with Gasteiger partial charge in [0, 0.05) is 36.3 Å². The van der Waals surface area contributed by atoms with Gasteiger partial charge in [-0.25, -0.2) is 9.59 Å². The van der Waals surface area contributed by atoms with Crippen LogP contribution in [0.25, 0.3) is 0 Å². The van der Waals surface area contributed by atoms with Crippen molar-refractivity contribution in [3.63, 3.8) is 0 Å². The molecule has 0 bridgehead atoms. The standard InChI is InChI=1S/C30H42ClN3O7/c1-19(2)27(28(36)33-17-9-11-23(40-30(32)38)14-13-22(5)31)34-26(35)12-8-7-10-20(3)18-21(4)24-15-16-25(39-6)29(37)41-24/h7-10,12-13,16-19,21,23-24,27H,11,14-15H2,1-6H3,(H2,32,38)(H,33,36)(H,34,35)/b10-7-,12-8-,17-9-,20-18+,22-13+/t21-,23-,24?,27-/m0/s1. The molecule has 0 spiro atoms. The first-order valence-electron chi connectivity index (χ1n) is 13.4. The summed E-state index contributed by atoms with van der Waals surface area (Å²) in [5, 5.41) is 5.91. The van der Waals surface area contributed by atoms with E-state index < -0.39 is 30.1 Å². The highest BCUT2D eigenvalue weighted by molar-refractivity contribution is 6.29. The van der Waals surface area contributed by atoms with Crippen molar-refractivity contribution < 1.29 is 33.4 Å². The molecule has 1 unspecified atom stereocenters. The molecule has 0 saturated heterocycles. The van der Waals surface area contributed by atoms with Crippen LogP contribution in [0.2, 0.25) is 0 Å². The summed E-state index contributed by atoms with van der Waals surface area (Å²) in [7, 11) is 1.43. The molecule has 1 aliphatic heterocycles. The van der Waals surface area contributed by atoms with Crippen molar-refractivity contribution in [3.8, 4) is 0 Å². The van der Waals surface area contributed by atoms with Crippen LogP contribution in [0.4, 0.5) is 4.79 Å². The van der Waals surface area contributed by atoms with Crippen molar-refractivity contribution in [3.05, 3.63) is 71.2 Å². The highest BCUT2D eigenvalue weighted by Gasteiger charge is 2.27. The second kappa shape index (κ2) is 18.5. The fourth-order valence-corrected chi connectivity index (χ4v) is 3.89. The molecule has 10 nitrogen and oxygen atoms in total. The largest absolute Gasteiger partial charge is 0.490 e. The third-order valence-corrected chi connectivity index (χ3v) is 6.13. The van der Waals surface area contributed by atoms with Crippen LogP contribution < -0.4 is 16.4 Å². The molecule has 0 radical (unpaired) electrons. The quantitative estimate of drug-likeness (QED) is 0.142. The Labute approximate surface area is 247 Å². The molecule has 1 aliphatic rings. The minimum atomic E-state index is -0.898. The van der Waals surface area contributed by atoms with E-state index in [1.165, 1.54) is 19.4 Å². The SMILES string of the molecule is COC1=CCC([C@@H](C)/C=C(C)/C=C\C=C/C(=O)N[C@H](C(=O)N/C=C\C[C@@H](C/C=C(\C)Cl)OC(N)=O)C(C)C)OC1=O. The molecular formula is C30H42ClN3O7. The van der Waals surface area contributed by atoms with Crippen molar-refractivity contribution in [1.82, 2.24) is 10.6 Å². The number of halogens is 1. The average Bonchev–Trinajstić information content (AvgIpc) is 2.89. The summed E-state index contributed by atoms with van der Waals surface area (Å²) in [6, 6.07) is -0.770. The molecular weight excluding hydrogens is 550 g/mol. The van der Waals surface area contributed by atoms with Crippen molar-refractivity contribution in [1.29, 1.82) is 0 Å². The Balaban J connectivity index is 2.63. The third kappa shape index (κ3) is 14.4. The maximum Gasteiger partial charge on any atom is 0.404 e. The van der Waals surface area contributed by atoms with Gasteiger partial charge in [-0.1, -0.05) is 74.4 Å². The van der Waals surface area contributed by atoms with Gasteiger partial charge in [0.25, 0.3) is 0 Å². The lowest BCUT2D eigenvalue weighted by Gasteiger charge is -2.25. The fourth-order valence-electron chi connectivity index (χ4n) is 3.80. The van der Waals surface area contributed by atoms with Gasteiger partial charge in [0.05, 0.1) is 7.11 Å². The van der Waals surface area contributed by atoms with E-state index in [4.69, 9.17) is 31.5 Å². The Kier molecular flexibility index (Phi) is 15.9. The van der Waals surface area contributed by atoms with Gasteiger partial charge < -0.3 is 30.6 Å². The predicted molar refractivity (Wildman–Crippen MR) is 158 cm³/mol. The van der Waals surface area contributed by atoms with Crippen LogP contribution in [0.5, 0.6) is 0 Å². The molecule has 0 aromatic rings. The fraction of sp³-hybridized carbons (Fsp3) is 0.467. The van der Waals surface area contributed by atoms with E-state index in [1.54, 1.807) is 37.3 Å². The molecule has 11 heteroatoms. The Morgan fingerprint density at radius 3 is 2.44 bits per heavy atom. The first kappa shape index (κ1) is 35.2. The summed E-state index contributed by atoms with van der Waals surface area (Å²) < 4.78 is 15.4. The van der Waals surface area contributed by atoms with Crippen molar-refractivity contribution in [2.24, 2.45) is 17.6 Å². The van der Waals surface area contributed by atoms with E-state index in [1.807, 2.05) is 39.8 Å². The van der Waals surface area contributed by atoms with Crippen LogP contribution in [-0.2, 0) is 28.6 Å². The molecule has 0 aromatic heterocycles. The van der Waals surface area contributed by atoms with Gasteiger partial charge >= 0.3 is 12.1 Å². The Morgan fingerprint density at radius 2 is 1.85 bits per heavy atom. The topological polar surface area (TPSA) is 146 Å². The Bertz CT molecular complexity index is 1100. The van der Waals surface area contributed by atoms with Crippen LogP contribution in [-0.4, -0.2) is 49.2 Å². The summed E-state index contributed by atoms with van der Waals surface area (Å²) in [6.45, 7) is 9.22. The maximum absolute atomic E-state index is 12.7. The second-order valence-electron chi connectivity index (χ2n) is 9.90. The Morgan fingerprint density at radius 1 is 1.17 bits per heavy atom. The number of rotatable bonds is 15. The van der Waals surface area contributed by atoms with Gasteiger partial charge in [-0.15, -0.1) is 0 Å². The number of primary amides is 1. The number of nitrogens with two attached hydrogens (primary N) is 1. The summed E-state index contributed by atoms with van der Waals surface area (Å²) in [5.41, 5.74) is 6.04. The summed E-state index contributed by atoms with van der Waals surface area (Å²) in [5.74, 6) is -1.24. The van der Waals surface area contributed by atoms with Gasteiger partial charge in [0.1, 0.15) is 18.2 Å². The number of carbonyl (C=O) groups is 4. The smallest absolute Gasteiger partial charge is 0.404 e. The van der Waals surface area contributed by atoms with Crippen molar-refractivity contribution in [2.45, 2.75) is 72.1 Å². The zero-order valence-electron chi connectivity index (χ0n) is 24.5. The van der Waals surface area contributed by atoms with E-state index >= 15 is 0 Å². The molecule has 0 saturated carbocycles. The highest BCUT2D eigenvalue weighted by atomic mass is 35.5. The minimum Gasteiger partial charge on any atom is -0.490 e. The normalized spacial score (nSPS) is 18.7. The molecule has 3 amide bonds. The molecule has 0 fully saturated rings. The lowest BCUT2D eigenvalue weighted by atomic mass is 9.97. The first-order chi connectivity index (χ1) is 19.3. The van der Waals surface area contributed by atoms with Gasteiger partial charge in [0.2, 0.25) is 11.8 Å². The number of cyclic esters (lactones) is 1. The van der Waals surface area contributed by atoms with Crippen molar-refractivity contribution in [2.75, 3.05) is 7.11 Å². The molecule has 0 aromatic carbocycles. The van der Waals surface area contributed by atoms with Crippen LogP contribution in [0.15, 0.2) is 71.2 Å². The number of carbonyl (C=O) groups excluding carboxylic acids is 4. The number of hydrogen-bond acceptors (Lipinski definition) is 7. The number of ether oxygens (including phenoxy) is 3. The van der Waals surface area contributed by atoms with E-state index in [9.17, 15) is 19.2 Å². The lowest BCUT2D eigenvalue weighted by molar-refractivity contribution is -0.151. The molecule has 226 valence electrons. The van der Waals surface area contributed by atoms with Gasteiger partial charge in [-0.2, -0.15) is 0 Å². The zero-order valence-corrected chi connectivity index (χ0v) is 25.3. The first-order valence-corrected chi connectivity index (χ1v) is 13.7. The van der Waals surface area contributed by atoms with Crippen LogP contribution in [0, 0.1) is 11.8 Å². The number of hydrogen-bond donors (Lipinski definition) is 3. The van der Waals surface area contributed by atoms with Gasteiger partial charge in [-0.3, -0.25) is 9.59 Å². The van der Waals surface area contributed by atoms with Gasteiger partial charge in [0.15, 0.2) is 5.76 Å². The Hall–Kier alpha value is -3.79. The number of methoxy groups -OCH3 is 1. The predicted octanol–water partition coefficient (Wildman–Crippen LogP) is 4.68. The maximum atomic E-state index is 12.7. The van der Waals surface area contributed by atoms with E-state index in [2.05, 4.69) is 10.6 Å². The molecule has 4 N–H and O–H groups in total. The summed E-state index contributed by atoms with van der Waals surface area (Å²) in [4.78, 5) is 48.1. The van der Waals surface area contributed by atoms with E-state index in [0.717, 1.165) is 5.57 Å². The molecule has 1 heterocycles. The minimum absolute atomic E-state index is 0.0156. The lowest BCUT2D eigenvalue weighted by Crippen LogP contribution is -2.48. The molecule has 1 rings (SSSR count). The zero-order chi connectivity index (χ0) is 30.9. The van der Waals surface area contributed by atoms with Crippen LogP contribution in [0.1, 0.15) is 53.9 Å². The average molecular weight is 592 g/mol. The molecule has 4 atom stereocenters. The third-order valence-electron chi connectivity index (χ3n) is 5.98.